The second-order valence-electron chi connectivity index (χ2n) is 8.50. The van der Waals surface area contributed by atoms with Gasteiger partial charge in [-0.25, -0.2) is 19.2 Å². The molecule has 5 N–H and O–H groups in total. The van der Waals surface area contributed by atoms with Crippen LogP contribution in [0.2, 0.25) is 0 Å². The van der Waals surface area contributed by atoms with Gasteiger partial charge in [0.2, 0.25) is 11.5 Å². The Morgan fingerprint density at radius 1 is 1.23 bits per heavy atom. The highest BCUT2D eigenvalue weighted by molar-refractivity contribution is 5.94. The molecule has 0 radical (unpaired) electrons. The minimum atomic E-state index is -0.833. The Hall–Kier alpha value is -5.27. The number of aliphatic carboxylic acids is 1. The first kappa shape index (κ1) is 27.8. The van der Waals surface area contributed by atoms with Crippen LogP contribution in [0.15, 0.2) is 53.6 Å². The van der Waals surface area contributed by atoms with E-state index in [0.29, 0.717) is 11.3 Å². The quantitative estimate of drug-likeness (QED) is 0.195. The maximum absolute atomic E-state index is 15.9. The second-order valence-corrected chi connectivity index (χ2v) is 8.50. The fourth-order valence-corrected chi connectivity index (χ4v) is 4.01. The molecule has 2 aromatic carbocycles. The van der Waals surface area contributed by atoms with E-state index in [1.165, 1.54) is 25.6 Å². The number of nitrogens with two attached hydrogens (primary N) is 1. The summed E-state index contributed by atoms with van der Waals surface area (Å²) >= 11 is 0. The molecule has 1 aliphatic rings. The molecule has 40 heavy (non-hydrogen) atoms. The molecular weight excluding hydrogens is 525 g/mol. The van der Waals surface area contributed by atoms with Gasteiger partial charge in [-0.2, -0.15) is 0 Å². The summed E-state index contributed by atoms with van der Waals surface area (Å²) in [5.74, 6) is -1.59. The molecule has 2 aromatic heterocycles. The molecule has 0 bridgehead atoms. The lowest BCUT2D eigenvalue weighted by atomic mass is 9.89. The number of hydrogen-bond acceptors (Lipinski definition) is 9. The molecule has 1 aliphatic heterocycles. The predicted molar refractivity (Wildman–Crippen MR) is 140 cm³/mol. The molecule has 0 aliphatic carbocycles. The van der Waals surface area contributed by atoms with Gasteiger partial charge in [0.15, 0.2) is 11.6 Å². The zero-order chi connectivity index (χ0) is 28.8. The Morgan fingerprint density at radius 2 is 1.85 bits per heavy atom. The van der Waals surface area contributed by atoms with Crippen LogP contribution in [0.4, 0.5) is 4.39 Å². The Kier molecular flexibility index (Phi) is 8.37. The number of carboxylic acid groups (broad SMARTS) is 1. The lowest BCUT2D eigenvalue weighted by molar-refractivity contribution is -0.134. The molecule has 0 spiro atoms. The number of methoxy groups -OCH3 is 1. The molecule has 0 saturated heterocycles. The zero-order valence-electron chi connectivity index (χ0n) is 21.6. The molecular formula is C26H26FN7O6. The summed E-state index contributed by atoms with van der Waals surface area (Å²) in [6.45, 7) is 1.54. The van der Waals surface area contributed by atoms with Crippen molar-refractivity contribution in [1.29, 1.82) is 5.41 Å². The fourth-order valence-electron chi connectivity index (χ4n) is 4.01. The standard InChI is InChI=1S/C24H22FN7O4.C2H4O2/c1-34-17-12-15(18(25)20-19(17)35-9-10-36-20)16(11-13-3-5-14(6-4-13)21(26)27)22-30-24(33)32(31-22)23-28-7-2-8-29-23;1-2(3)4/h2-8,12,16H,9-11H2,1H3,(H3,26,27)(H,30,31,33);1H3,(H,3,4). The first-order chi connectivity index (χ1) is 19.2. The van der Waals surface area contributed by atoms with E-state index in [4.69, 9.17) is 35.3 Å². The third-order valence-corrected chi connectivity index (χ3v) is 5.75. The van der Waals surface area contributed by atoms with Gasteiger partial charge in [-0.1, -0.05) is 24.3 Å². The maximum atomic E-state index is 15.9. The summed E-state index contributed by atoms with van der Waals surface area (Å²) < 4.78 is 33.5. The highest BCUT2D eigenvalue weighted by Gasteiger charge is 2.31. The average molecular weight is 552 g/mol. The normalized spacial score (nSPS) is 12.6. The predicted octanol–water partition coefficient (Wildman–Crippen LogP) is 2.02. The smallest absolute Gasteiger partial charge is 0.350 e. The molecule has 0 amide bonds. The minimum absolute atomic E-state index is 0.0549. The van der Waals surface area contributed by atoms with Gasteiger partial charge in [0.1, 0.15) is 24.9 Å². The van der Waals surface area contributed by atoms with Crippen molar-refractivity contribution in [2.45, 2.75) is 19.3 Å². The van der Waals surface area contributed by atoms with Gasteiger partial charge in [0.25, 0.3) is 11.9 Å². The summed E-state index contributed by atoms with van der Waals surface area (Å²) in [5, 5.41) is 19.4. The van der Waals surface area contributed by atoms with E-state index in [2.05, 4.69) is 20.1 Å². The van der Waals surface area contributed by atoms with Gasteiger partial charge < -0.3 is 25.1 Å². The molecule has 208 valence electrons. The molecule has 3 heterocycles. The average Bonchev–Trinajstić information content (AvgIpc) is 3.34. The highest BCUT2D eigenvalue weighted by Crippen LogP contribution is 2.45. The summed E-state index contributed by atoms with van der Waals surface area (Å²) in [6, 6.07) is 10.1. The van der Waals surface area contributed by atoms with E-state index in [0.717, 1.165) is 17.2 Å². The van der Waals surface area contributed by atoms with Crippen LogP contribution in [-0.4, -0.2) is 62.0 Å². The number of nitrogen functional groups attached to an aromatic ring is 1. The van der Waals surface area contributed by atoms with Gasteiger partial charge >= 0.3 is 5.69 Å². The Labute approximate surface area is 226 Å². The maximum Gasteiger partial charge on any atom is 0.350 e. The molecule has 4 aromatic rings. The van der Waals surface area contributed by atoms with Crippen molar-refractivity contribution in [2.24, 2.45) is 5.73 Å². The number of benzene rings is 2. The van der Waals surface area contributed by atoms with Crippen LogP contribution >= 0.6 is 0 Å². The largest absolute Gasteiger partial charge is 0.493 e. The number of carboxylic acids is 1. The number of ether oxygens (including phenoxy) is 3. The van der Waals surface area contributed by atoms with Crippen LogP contribution in [0, 0.1) is 11.2 Å². The summed E-state index contributed by atoms with van der Waals surface area (Å²) in [6.07, 6.45) is 3.23. The number of carbonyl (C=O) groups is 1. The van der Waals surface area contributed by atoms with E-state index in [1.54, 1.807) is 30.3 Å². The van der Waals surface area contributed by atoms with Crippen LogP contribution in [0.1, 0.15) is 35.4 Å². The third kappa shape index (κ3) is 6.06. The van der Waals surface area contributed by atoms with E-state index >= 15 is 4.39 Å². The molecule has 1 atom stereocenters. The van der Waals surface area contributed by atoms with Crippen LogP contribution < -0.4 is 25.6 Å². The van der Waals surface area contributed by atoms with Gasteiger partial charge in [-0.05, 0) is 24.1 Å². The van der Waals surface area contributed by atoms with Gasteiger partial charge in [0, 0.05) is 30.4 Å². The molecule has 0 fully saturated rings. The number of nitrogens with one attached hydrogen (secondary N) is 2. The third-order valence-electron chi connectivity index (χ3n) is 5.75. The van der Waals surface area contributed by atoms with Crippen molar-refractivity contribution < 1.29 is 28.5 Å². The van der Waals surface area contributed by atoms with Crippen molar-refractivity contribution >= 4 is 11.8 Å². The van der Waals surface area contributed by atoms with Crippen LogP contribution in [-0.2, 0) is 11.2 Å². The van der Waals surface area contributed by atoms with Crippen molar-refractivity contribution in [2.75, 3.05) is 20.3 Å². The number of hydrogen-bond donors (Lipinski definition) is 4. The van der Waals surface area contributed by atoms with Crippen molar-refractivity contribution in [3.8, 4) is 23.2 Å². The summed E-state index contributed by atoms with van der Waals surface area (Å²) in [7, 11) is 1.45. The number of halogens is 1. The SMILES string of the molecule is CC(=O)O.COc1cc(C(Cc2ccc(C(=N)N)cc2)c2nn(-c3ncccn3)c(=O)[nH]2)c(F)c2c1OCCO2. The number of amidine groups is 1. The van der Waals surface area contributed by atoms with E-state index in [9.17, 15) is 4.79 Å². The van der Waals surface area contributed by atoms with Gasteiger partial charge in [-0.15, -0.1) is 9.78 Å². The van der Waals surface area contributed by atoms with E-state index < -0.39 is 23.4 Å². The first-order valence-corrected chi connectivity index (χ1v) is 11.9. The van der Waals surface area contributed by atoms with E-state index in [1.807, 2.05) is 0 Å². The first-order valence-electron chi connectivity index (χ1n) is 11.9. The van der Waals surface area contributed by atoms with Crippen LogP contribution in [0.5, 0.6) is 17.2 Å². The fraction of sp³-hybridized carbons (Fsp3) is 0.231. The Bertz CT molecular complexity index is 1570. The van der Waals surface area contributed by atoms with Crippen molar-refractivity contribution in [1.82, 2.24) is 24.7 Å². The molecule has 1 unspecified atom stereocenters. The lowest BCUT2D eigenvalue weighted by Crippen LogP contribution is -2.19. The zero-order valence-corrected chi connectivity index (χ0v) is 21.6. The molecule has 14 heteroatoms. The molecule has 13 nitrogen and oxygen atoms in total. The number of fused-ring (bicyclic) bond motifs is 1. The van der Waals surface area contributed by atoms with E-state index in [-0.39, 0.29) is 54.3 Å². The van der Waals surface area contributed by atoms with Crippen LogP contribution in [0.3, 0.4) is 0 Å². The van der Waals surface area contributed by atoms with Gasteiger partial charge in [0.05, 0.1) is 13.0 Å². The van der Waals surface area contributed by atoms with Crippen molar-refractivity contribution in [3.05, 3.63) is 87.6 Å². The van der Waals surface area contributed by atoms with Crippen molar-refractivity contribution in [3.63, 3.8) is 0 Å². The monoisotopic (exact) mass is 551 g/mol. The molecule has 5 rings (SSSR count). The second kappa shape index (κ2) is 12.1. The topological polar surface area (TPSA) is 191 Å². The highest BCUT2D eigenvalue weighted by atomic mass is 19.1. The molecule has 0 saturated carbocycles. The summed E-state index contributed by atoms with van der Waals surface area (Å²) in [5.41, 5.74) is 6.55. The Balaban J connectivity index is 0.000000867. The van der Waals surface area contributed by atoms with Crippen LogP contribution in [0.25, 0.3) is 5.95 Å². The number of aromatic amines is 1. The number of nitrogens with zero attached hydrogens (tertiary/aromatic N) is 4. The Morgan fingerprint density at radius 3 is 2.45 bits per heavy atom. The number of aromatic nitrogens is 5. The summed E-state index contributed by atoms with van der Waals surface area (Å²) in [4.78, 5) is 32.6. The number of rotatable bonds is 7. The van der Waals surface area contributed by atoms with Gasteiger partial charge in [-0.3, -0.25) is 15.2 Å². The minimum Gasteiger partial charge on any atom is -0.493 e. The lowest BCUT2D eigenvalue weighted by Gasteiger charge is -2.24. The number of H-pyrrole nitrogens is 1.